The Labute approximate surface area is 195 Å². The van der Waals surface area contributed by atoms with Gasteiger partial charge in [-0.05, 0) is 60.9 Å². The van der Waals surface area contributed by atoms with Gasteiger partial charge < -0.3 is 15.0 Å². The van der Waals surface area contributed by atoms with Crippen molar-refractivity contribution >= 4 is 17.5 Å². The van der Waals surface area contributed by atoms with Crippen LogP contribution < -0.4 is 10.1 Å². The zero-order valence-electron chi connectivity index (χ0n) is 18.5. The lowest BCUT2D eigenvalue weighted by Crippen LogP contribution is -2.40. The zero-order valence-corrected chi connectivity index (χ0v) is 18.5. The number of fused-ring (bicyclic) bond motifs is 1. The molecule has 0 aromatic heterocycles. The quantitative estimate of drug-likeness (QED) is 0.548. The second kappa shape index (κ2) is 9.99. The summed E-state index contributed by atoms with van der Waals surface area (Å²) in [5.41, 5.74) is 1.68. The molecule has 1 aliphatic rings. The smallest absolute Gasteiger partial charge is 0.263 e. The number of halogens is 3. The Morgan fingerprint density at radius 3 is 2.47 bits per heavy atom. The van der Waals surface area contributed by atoms with Crippen molar-refractivity contribution in [3.8, 4) is 5.75 Å². The molecule has 8 heteroatoms. The topological polar surface area (TPSA) is 58.6 Å². The molecule has 1 unspecified atom stereocenters. The van der Waals surface area contributed by atoms with E-state index in [0.29, 0.717) is 42.5 Å². The maximum Gasteiger partial charge on any atom is 0.263 e. The summed E-state index contributed by atoms with van der Waals surface area (Å²) < 4.78 is 46.2. The first kappa shape index (κ1) is 23.4. The van der Waals surface area contributed by atoms with Gasteiger partial charge in [0.2, 0.25) is 0 Å². The SMILES string of the molecule is CCC1Oc2ccc(NC(=O)c3ccc(F)cc3F)cc2CN(CCc2ccc(F)cc2)C1=O. The lowest BCUT2D eigenvalue weighted by Gasteiger charge is -2.23. The van der Waals surface area contributed by atoms with Crippen molar-refractivity contribution < 1.29 is 27.5 Å². The number of amides is 2. The maximum absolute atomic E-state index is 14.0. The van der Waals surface area contributed by atoms with Crippen LogP contribution >= 0.6 is 0 Å². The Kier molecular flexibility index (Phi) is 6.86. The van der Waals surface area contributed by atoms with E-state index in [2.05, 4.69) is 5.32 Å². The van der Waals surface area contributed by atoms with Gasteiger partial charge in [-0.2, -0.15) is 0 Å². The van der Waals surface area contributed by atoms with E-state index in [1.54, 1.807) is 35.2 Å². The molecular weight excluding hydrogens is 445 g/mol. The molecule has 0 radical (unpaired) electrons. The summed E-state index contributed by atoms with van der Waals surface area (Å²) in [6, 6.07) is 13.8. The molecule has 0 aliphatic carbocycles. The number of rotatable bonds is 6. The van der Waals surface area contributed by atoms with Gasteiger partial charge in [0.15, 0.2) is 6.10 Å². The Bertz CT molecular complexity index is 1210. The molecule has 0 spiro atoms. The zero-order chi connectivity index (χ0) is 24.2. The van der Waals surface area contributed by atoms with Crippen molar-refractivity contribution in [1.29, 1.82) is 0 Å². The van der Waals surface area contributed by atoms with Crippen LogP contribution in [0.1, 0.15) is 34.8 Å². The van der Waals surface area contributed by atoms with Crippen LogP contribution in [-0.4, -0.2) is 29.4 Å². The largest absolute Gasteiger partial charge is 0.480 e. The number of anilines is 1. The van der Waals surface area contributed by atoms with Gasteiger partial charge in [0.05, 0.1) is 5.56 Å². The first-order chi connectivity index (χ1) is 16.3. The highest BCUT2D eigenvalue weighted by atomic mass is 19.1. The molecule has 1 aliphatic heterocycles. The van der Waals surface area contributed by atoms with Gasteiger partial charge in [0, 0.05) is 30.4 Å². The molecule has 4 rings (SSSR count). The lowest BCUT2D eigenvalue weighted by atomic mass is 10.1. The van der Waals surface area contributed by atoms with Gasteiger partial charge in [0.25, 0.3) is 11.8 Å². The number of nitrogens with zero attached hydrogens (tertiary/aromatic N) is 1. The van der Waals surface area contributed by atoms with Crippen LogP contribution in [0.2, 0.25) is 0 Å². The molecular formula is C26H23F3N2O3. The Morgan fingerprint density at radius 1 is 1.03 bits per heavy atom. The van der Waals surface area contributed by atoms with E-state index < -0.39 is 23.6 Å². The number of nitrogens with one attached hydrogen (secondary N) is 1. The van der Waals surface area contributed by atoms with E-state index in [-0.39, 0.29) is 23.8 Å². The van der Waals surface area contributed by atoms with Crippen molar-refractivity contribution in [2.45, 2.75) is 32.4 Å². The Hall–Kier alpha value is -3.81. The minimum absolute atomic E-state index is 0.153. The molecule has 176 valence electrons. The Morgan fingerprint density at radius 2 is 1.76 bits per heavy atom. The normalized spacial score (nSPS) is 15.4. The molecule has 0 saturated heterocycles. The summed E-state index contributed by atoms with van der Waals surface area (Å²) in [5.74, 6) is -2.40. The molecule has 0 bridgehead atoms. The van der Waals surface area contributed by atoms with E-state index in [0.717, 1.165) is 17.7 Å². The third-order valence-corrected chi connectivity index (χ3v) is 5.67. The minimum atomic E-state index is -0.959. The summed E-state index contributed by atoms with van der Waals surface area (Å²) in [6.45, 7) is 2.51. The predicted molar refractivity (Wildman–Crippen MR) is 121 cm³/mol. The van der Waals surface area contributed by atoms with Gasteiger partial charge in [-0.15, -0.1) is 0 Å². The number of hydrogen-bond acceptors (Lipinski definition) is 3. The number of hydrogen-bond donors (Lipinski definition) is 1. The average molecular weight is 468 g/mol. The fourth-order valence-electron chi connectivity index (χ4n) is 3.82. The van der Waals surface area contributed by atoms with Gasteiger partial charge in [-0.1, -0.05) is 19.1 Å². The molecule has 1 atom stereocenters. The summed E-state index contributed by atoms with van der Waals surface area (Å²) in [4.78, 5) is 27.2. The fourth-order valence-corrected chi connectivity index (χ4v) is 3.82. The van der Waals surface area contributed by atoms with Gasteiger partial charge in [-0.3, -0.25) is 9.59 Å². The third kappa shape index (κ3) is 5.22. The summed E-state index contributed by atoms with van der Waals surface area (Å²) in [6.07, 6.45) is 0.370. The fraction of sp³-hybridized carbons (Fsp3) is 0.231. The third-order valence-electron chi connectivity index (χ3n) is 5.67. The van der Waals surface area contributed by atoms with Crippen molar-refractivity contribution in [3.63, 3.8) is 0 Å². The molecule has 3 aromatic rings. The number of carbonyl (C=O) groups excluding carboxylic acids is 2. The van der Waals surface area contributed by atoms with Gasteiger partial charge in [0.1, 0.15) is 23.2 Å². The molecule has 1 heterocycles. The van der Waals surface area contributed by atoms with Crippen LogP contribution in [0.25, 0.3) is 0 Å². The van der Waals surface area contributed by atoms with Crippen LogP contribution in [0.5, 0.6) is 5.75 Å². The van der Waals surface area contributed by atoms with E-state index in [1.807, 2.05) is 6.92 Å². The van der Waals surface area contributed by atoms with Crippen molar-refractivity contribution in [2.75, 3.05) is 11.9 Å². The lowest BCUT2D eigenvalue weighted by molar-refractivity contribution is -0.138. The molecule has 5 nitrogen and oxygen atoms in total. The first-order valence-corrected chi connectivity index (χ1v) is 10.9. The number of benzene rings is 3. The second-order valence-electron chi connectivity index (χ2n) is 8.05. The van der Waals surface area contributed by atoms with Gasteiger partial charge in [-0.25, -0.2) is 13.2 Å². The molecule has 2 amide bonds. The van der Waals surface area contributed by atoms with Crippen molar-refractivity contribution in [3.05, 3.63) is 94.8 Å². The molecule has 3 aromatic carbocycles. The van der Waals surface area contributed by atoms with Crippen LogP contribution in [0, 0.1) is 17.5 Å². The maximum atomic E-state index is 14.0. The summed E-state index contributed by atoms with van der Waals surface area (Å²) in [5, 5.41) is 2.61. The van der Waals surface area contributed by atoms with Gasteiger partial charge >= 0.3 is 0 Å². The van der Waals surface area contributed by atoms with Crippen LogP contribution in [0.3, 0.4) is 0 Å². The minimum Gasteiger partial charge on any atom is -0.480 e. The highest BCUT2D eigenvalue weighted by Gasteiger charge is 2.30. The Balaban J connectivity index is 1.54. The van der Waals surface area contributed by atoms with Crippen LogP contribution in [0.15, 0.2) is 60.7 Å². The van der Waals surface area contributed by atoms with Crippen molar-refractivity contribution in [1.82, 2.24) is 4.90 Å². The molecule has 0 saturated carbocycles. The predicted octanol–water partition coefficient (Wildman–Crippen LogP) is 5.10. The second-order valence-corrected chi connectivity index (χ2v) is 8.05. The van der Waals surface area contributed by atoms with Crippen molar-refractivity contribution in [2.24, 2.45) is 0 Å². The standard InChI is InChI=1S/C26H23F3N2O3/c1-2-23-26(33)31(12-11-16-3-5-18(27)6-4-16)15-17-13-20(8-10-24(17)34-23)30-25(32)21-9-7-19(28)14-22(21)29/h3-10,13-14,23H,2,11-12,15H2,1H3,(H,30,32). The highest BCUT2D eigenvalue weighted by molar-refractivity contribution is 6.04. The first-order valence-electron chi connectivity index (χ1n) is 10.9. The van der Waals surface area contributed by atoms with E-state index in [1.165, 1.54) is 12.1 Å². The van der Waals surface area contributed by atoms with Crippen LogP contribution in [0.4, 0.5) is 18.9 Å². The van der Waals surface area contributed by atoms with Crippen LogP contribution in [-0.2, 0) is 17.8 Å². The van der Waals surface area contributed by atoms with E-state index in [9.17, 15) is 22.8 Å². The number of carbonyl (C=O) groups is 2. The molecule has 34 heavy (non-hydrogen) atoms. The number of ether oxygens (including phenoxy) is 1. The van der Waals surface area contributed by atoms with E-state index in [4.69, 9.17) is 4.74 Å². The average Bonchev–Trinajstić information content (AvgIpc) is 2.94. The van der Waals surface area contributed by atoms with E-state index >= 15 is 0 Å². The highest BCUT2D eigenvalue weighted by Crippen LogP contribution is 2.30. The molecule has 0 fully saturated rings. The summed E-state index contributed by atoms with van der Waals surface area (Å²) >= 11 is 0. The summed E-state index contributed by atoms with van der Waals surface area (Å²) in [7, 11) is 0. The monoisotopic (exact) mass is 468 g/mol. The molecule has 1 N–H and O–H groups in total.